The highest BCUT2D eigenvalue weighted by Gasteiger charge is 2.31. The fourth-order valence-electron chi connectivity index (χ4n) is 2.90. The highest BCUT2D eigenvalue weighted by molar-refractivity contribution is 4.92. The van der Waals surface area contributed by atoms with Gasteiger partial charge in [0.1, 0.15) is 0 Å². The lowest BCUT2D eigenvalue weighted by Gasteiger charge is -2.33. The molecule has 16 heavy (non-hydrogen) atoms. The van der Waals surface area contributed by atoms with Gasteiger partial charge in [0.25, 0.3) is 0 Å². The van der Waals surface area contributed by atoms with Crippen molar-refractivity contribution in [2.45, 2.75) is 64.8 Å². The molecule has 0 unspecified atom stereocenters. The van der Waals surface area contributed by atoms with Gasteiger partial charge in [0, 0.05) is 18.6 Å². The highest BCUT2D eigenvalue weighted by atomic mass is 15.1. The van der Waals surface area contributed by atoms with Crippen LogP contribution in [0.25, 0.3) is 0 Å². The number of nitrogens with zero attached hydrogens (tertiary/aromatic N) is 1. The molecule has 1 aliphatic carbocycles. The molecule has 0 saturated heterocycles. The molecule has 0 aromatic rings. The first-order valence-corrected chi connectivity index (χ1v) is 7.14. The van der Waals surface area contributed by atoms with Gasteiger partial charge in [0.2, 0.25) is 0 Å². The second-order valence-electron chi connectivity index (χ2n) is 5.58. The summed E-state index contributed by atoms with van der Waals surface area (Å²) < 4.78 is 0. The summed E-state index contributed by atoms with van der Waals surface area (Å²) in [6.45, 7) is 10.4. The van der Waals surface area contributed by atoms with Crippen LogP contribution in [-0.4, -0.2) is 30.1 Å². The lowest BCUT2D eigenvalue weighted by atomic mass is 9.96. The van der Waals surface area contributed by atoms with Gasteiger partial charge in [-0.05, 0) is 25.3 Å². The summed E-state index contributed by atoms with van der Waals surface area (Å²) in [5.41, 5.74) is 6.58. The van der Waals surface area contributed by atoms with E-state index in [0.29, 0.717) is 0 Å². The van der Waals surface area contributed by atoms with Gasteiger partial charge < -0.3 is 10.6 Å². The summed E-state index contributed by atoms with van der Waals surface area (Å²) in [4.78, 5) is 2.57. The van der Waals surface area contributed by atoms with Gasteiger partial charge in [-0.2, -0.15) is 0 Å². The third-order valence-electron chi connectivity index (χ3n) is 4.26. The molecule has 2 nitrogen and oxygen atoms in total. The molecule has 1 saturated carbocycles. The van der Waals surface area contributed by atoms with Crippen molar-refractivity contribution in [1.82, 2.24) is 4.90 Å². The van der Waals surface area contributed by atoms with Gasteiger partial charge >= 0.3 is 0 Å². The van der Waals surface area contributed by atoms with E-state index < -0.39 is 0 Å². The fourth-order valence-corrected chi connectivity index (χ4v) is 2.90. The third kappa shape index (κ3) is 4.06. The van der Waals surface area contributed by atoms with Crippen LogP contribution in [0.1, 0.15) is 59.3 Å². The summed E-state index contributed by atoms with van der Waals surface area (Å²) in [7, 11) is 0. The monoisotopic (exact) mass is 226 g/mol. The summed E-state index contributed by atoms with van der Waals surface area (Å²) in [5, 5.41) is 0. The standard InChI is InChI=1S/C14H30N2/c1-4-13(5-2)11-16(6-3)12-14(15)9-7-8-10-14/h13H,4-12,15H2,1-3H3. The molecule has 0 aromatic heterocycles. The van der Waals surface area contributed by atoms with E-state index in [0.717, 1.165) is 19.0 Å². The van der Waals surface area contributed by atoms with Crippen molar-refractivity contribution in [2.24, 2.45) is 11.7 Å². The first kappa shape index (κ1) is 14.0. The zero-order chi connectivity index (χ0) is 12.0. The van der Waals surface area contributed by atoms with Crippen molar-refractivity contribution < 1.29 is 0 Å². The number of rotatable bonds is 7. The third-order valence-corrected chi connectivity index (χ3v) is 4.26. The van der Waals surface area contributed by atoms with Crippen molar-refractivity contribution in [3.8, 4) is 0 Å². The Kier molecular flexibility index (Phi) is 5.77. The number of nitrogens with two attached hydrogens (primary N) is 1. The van der Waals surface area contributed by atoms with Gasteiger partial charge in [-0.1, -0.05) is 46.5 Å². The minimum absolute atomic E-state index is 0.127. The van der Waals surface area contributed by atoms with E-state index in [4.69, 9.17) is 5.73 Å². The lowest BCUT2D eigenvalue weighted by molar-refractivity contribution is 0.185. The van der Waals surface area contributed by atoms with E-state index in [2.05, 4.69) is 25.7 Å². The molecule has 0 bridgehead atoms. The molecule has 2 heteroatoms. The molecule has 0 atom stereocenters. The Bertz CT molecular complexity index is 181. The smallest absolute Gasteiger partial charge is 0.0283 e. The van der Waals surface area contributed by atoms with Crippen molar-refractivity contribution in [3.05, 3.63) is 0 Å². The molecular formula is C14H30N2. The van der Waals surface area contributed by atoms with E-state index >= 15 is 0 Å². The largest absolute Gasteiger partial charge is 0.324 e. The molecule has 0 spiro atoms. The molecule has 0 aromatic carbocycles. The molecule has 2 N–H and O–H groups in total. The summed E-state index contributed by atoms with van der Waals surface area (Å²) >= 11 is 0. The number of likely N-dealkylation sites (N-methyl/N-ethyl adjacent to an activating group) is 1. The van der Waals surface area contributed by atoms with E-state index in [-0.39, 0.29) is 5.54 Å². The summed E-state index contributed by atoms with van der Waals surface area (Å²) in [6.07, 6.45) is 7.71. The Balaban J connectivity index is 2.41. The van der Waals surface area contributed by atoms with Crippen molar-refractivity contribution in [1.29, 1.82) is 0 Å². The number of hydrogen-bond donors (Lipinski definition) is 1. The average molecular weight is 226 g/mol. The van der Waals surface area contributed by atoms with Gasteiger partial charge in [0.15, 0.2) is 0 Å². The van der Waals surface area contributed by atoms with Crippen molar-refractivity contribution >= 4 is 0 Å². The zero-order valence-electron chi connectivity index (χ0n) is 11.5. The Labute approximate surface area is 102 Å². The van der Waals surface area contributed by atoms with Crippen LogP contribution in [0, 0.1) is 5.92 Å². The van der Waals surface area contributed by atoms with E-state index in [1.807, 2.05) is 0 Å². The van der Waals surface area contributed by atoms with E-state index in [9.17, 15) is 0 Å². The van der Waals surface area contributed by atoms with Crippen LogP contribution in [0.3, 0.4) is 0 Å². The molecule has 1 fully saturated rings. The van der Waals surface area contributed by atoms with Crippen LogP contribution in [0.5, 0.6) is 0 Å². The minimum Gasteiger partial charge on any atom is -0.324 e. The average Bonchev–Trinajstić information content (AvgIpc) is 2.71. The molecule has 1 aliphatic rings. The van der Waals surface area contributed by atoms with Crippen LogP contribution >= 0.6 is 0 Å². The maximum absolute atomic E-state index is 6.45. The SMILES string of the molecule is CCC(CC)CN(CC)CC1(N)CCCC1. The second-order valence-corrected chi connectivity index (χ2v) is 5.58. The summed E-state index contributed by atoms with van der Waals surface area (Å²) in [6, 6.07) is 0. The Morgan fingerprint density at radius 1 is 1.12 bits per heavy atom. The first-order valence-electron chi connectivity index (χ1n) is 7.14. The molecule has 0 heterocycles. The van der Waals surface area contributed by atoms with Crippen LogP contribution < -0.4 is 5.73 Å². The fraction of sp³-hybridized carbons (Fsp3) is 1.00. The van der Waals surface area contributed by atoms with Gasteiger partial charge in [-0.25, -0.2) is 0 Å². The predicted octanol–water partition coefficient (Wildman–Crippen LogP) is 3.02. The molecule has 0 radical (unpaired) electrons. The normalized spacial score (nSPS) is 19.9. The summed E-state index contributed by atoms with van der Waals surface area (Å²) in [5.74, 6) is 0.852. The zero-order valence-corrected chi connectivity index (χ0v) is 11.5. The van der Waals surface area contributed by atoms with Crippen LogP contribution in [0.15, 0.2) is 0 Å². The topological polar surface area (TPSA) is 29.3 Å². The Morgan fingerprint density at radius 2 is 1.69 bits per heavy atom. The quantitative estimate of drug-likeness (QED) is 0.723. The maximum Gasteiger partial charge on any atom is 0.0283 e. The van der Waals surface area contributed by atoms with Crippen LogP contribution in [-0.2, 0) is 0 Å². The first-order chi connectivity index (χ1) is 7.63. The van der Waals surface area contributed by atoms with Crippen LogP contribution in [0.2, 0.25) is 0 Å². The maximum atomic E-state index is 6.45. The molecular weight excluding hydrogens is 196 g/mol. The highest BCUT2D eigenvalue weighted by Crippen LogP contribution is 2.28. The van der Waals surface area contributed by atoms with E-state index in [1.54, 1.807) is 0 Å². The second kappa shape index (κ2) is 6.61. The van der Waals surface area contributed by atoms with Gasteiger partial charge in [-0.15, -0.1) is 0 Å². The Morgan fingerprint density at radius 3 is 2.12 bits per heavy atom. The van der Waals surface area contributed by atoms with Crippen LogP contribution in [0.4, 0.5) is 0 Å². The van der Waals surface area contributed by atoms with Gasteiger partial charge in [-0.3, -0.25) is 0 Å². The van der Waals surface area contributed by atoms with E-state index in [1.165, 1.54) is 45.1 Å². The number of hydrogen-bond acceptors (Lipinski definition) is 2. The van der Waals surface area contributed by atoms with Crippen molar-refractivity contribution in [2.75, 3.05) is 19.6 Å². The lowest BCUT2D eigenvalue weighted by Crippen LogP contribution is -2.49. The minimum atomic E-state index is 0.127. The molecule has 0 amide bonds. The Hall–Kier alpha value is -0.0800. The van der Waals surface area contributed by atoms with Gasteiger partial charge in [0.05, 0.1) is 0 Å². The molecule has 0 aliphatic heterocycles. The molecule has 96 valence electrons. The van der Waals surface area contributed by atoms with Crippen molar-refractivity contribution in [3.63, 3.8) is 0 Å². The molecule has 1 rings (SSSR count). The predicted molar refractivity (Wildman–Crippen MR) is 71.6 cm³/mol.